The molecule has 112 valence electrons. The molecule has 2 rings (SSSR count). The maximum Gasteiger partial charge on any atom is 0.161 e. The first kappa shape index (κ1) is 15.4. The summed E-state index contributed by atoms with van der Waals surface area (Å²) in [5, 5.41) is 10.1. The SMILES string of the molecule is CCc1ccc(OCCC(O)c2ccccc2)c(OC)c1. The number of methoxy groups -OCH3 is 1. The number of rotatable bonds is 7. The number of ether oxygens (including phenoxy) is 2. The molecule has 0 aliphatic rings. The van der Waals surface area contributed by atoms with Crippen molar-refractivity contribution >= 4 is 0 Å². The molecule has 0 spiro atoms. The summed E-state index contributed by atoms with van der Waals surface area (Å²) < 4.78 is 11.1. The Labute approximate surface area is 126 Å². The van der Waals surface area contributed by atoms with Crippen LogP contribution in [0.2, 0.25) is 0 Å². The third kappa shape index (κ3) is 4.23. The summed E-state index contributed by atoms with van der Waals surface area (Å²) in [5.74, 6) is 1.46. The smallest absolute Gasteiger partial charge is 0.161 e. The molecule has 3 heteroatoms. The van der Waals surface area contributed by atoms with Crippen molar-refractivity contribution in [2.75, 3.05) is 13.7 Å². The number of aliphatic hydroxyl groups is 1. The van der Waals surface area contributed by atoms with Crippen LogP contribution in [0.25, 0.3) is 0 Å². The average Bonchev–Trinajstić information content (AvgIpc) is 2.55. The topological polar surface area (TPSA) is 38.7 Å². The van der Waals surface area contributed by atoms with Gasteiger partial charge in [-0.3, -0.25) is 0 Å². The van der Waals surface area contributed by atoms with Crippen molar-refractivity contribution < 1.29 is 14.6 Å². The van der Waals surface area contributed by atoms with Crippen LogP contribution in [0.5, 0.6) is 11.5 Å². The van der Waals surface area contributed by atoms with Crippen LogP contribution in [0.3, 0.4) is 0 Å². The molecule has 0 saturated carbocycles. The highest BCUT2D eigenvalue weighted by Gasteiger charge is 2.09. The Morgan fingerprint density at radius 2 is 1.81 bits per heavy atom. The fraction of sp³-hybridized carbons (Fsp3) is 0.333. The van der Waals surface area contributed by atoms with E-state index in [4.69, 9.17) is 9.47 Å². The van der Waals surface area contributed by atoms with Crippen LogP contribution in [0.1, 0.15) is 30.6 Å². The van der Waals surface area contributed by atoms with Gasteiger partial charge in [-0.2, -0.15) is 0 Å². The van der Waals surface area contributed by atoms with Gasteiger partial charge in [-0.1, -0.05) is 43.3 Å². The summed E-state index contributed by atoms with van der Waals surface area (Å²) in [6.45, 7) is 2.55. The highest BCUT2D eigenvalue weighted by molar-refractivity contribution is 5.42. The molecule has 0 saturated heterocycles. The number of hydrogen-bond acceptors (Lipinski definition) is 3. The van der Waals surface area contributed by atoms with Crippen molar-refractivity contribution in [3.05, 3.63) is 59.7 Å². The Hall–Kier alpha value is -2.00. The van der Waals surface area contributed by atoms with Crippen molar-refractivity contribution in [1.29, 1.82) is 0 Å². The van der Waals surface area contributed by atoms with Crippen LogP contribution in [0.4, 0.5) is 0 Å². The molecule has 2 aromatic carbocycles. The van der Waals surface area contributed by atoms with Crippen LogP contribution >= 0.6 is 0 Å². The molecule has 1 atom stereocenters. The second kappa shape index (κ2) is 7.70. The fourth-order valence-corrected chi connectivity index (χ4v) is 2.17. The minimum atomic E-state index is -0.507. The first-order valence-corrected chi connectivity index (χ1v) is 7.27. The normalized spacial score (nSPS) is 12.0. The summed E-state index contributed by atoms with van der Waals surface area (Å²) in [7, 11) is 1.64. The number of benzene rings is 2. The number of aryl methyl sites for hydroxylation is 1. The predicted octanol–water partition coefficient (Wildman–Crippen LogP) is 3.76. The first-order valence-electron chi connectivity index (χ1n) is 7.27. The molecule has 0 radical (unpaired) electrons. The van der Waals surface area contributed by atoms with E-state index in [1.54, 1.807) is 7.11 Å². The third-order valence-corrected chi connectivity index (χ3v) is 3.47. The molecule has 0 bridgehead atoms. The van der Waals surface area contributed by atoms with Gasteiger partial charge >= 0.3 is 0 Å². The van der Waals surface area contributed by atoms with Crippen LogP contribution in [0, 0.1) is 0 Å². The molecule has 21 heavy (non-hydrogen) atoms. The highest BCUT2D eigenvalue weighted by Crippen LogP contribution is 2.29. The van der Waals surface area contributed by atoms with E-state index in [2.05, 4.69) is 6.92 Å². The Bertz CT molecular complexity index is 552. The highest BCUT2D eigenvalue weighted by atomic mass is 16.5. The summed E-state index contributed by atoms with van der Waals surface area (Å²) in [4.78, 5) is 0. The van der Waals surface area contributed by atoms with Gasteiger partial charge in [0.15, 0.2) is 11.5 Å². The summed E-state index contributed by atoms with van der Waals surface area (Å²) >= 11 is 0. The Kier molecular flexibility index (Phi) is 5.64. The molecular formula is C18H22O3. The zero-order chi connectivity index (χ0) is 15.1. The summed E-state index contributed by atoms with van der Waals surface area (Å²) in [5.41, 5.74) is 2.12. The van der Waals surface area contributed by atoms with Gasteiger partial charge in [0.1, 0.15) is 0 Å². The molecule has 0 fully saturated rings. The molecule has 1 unspecified atom stereocenters. The third-order valence-electron chi connectivity index (χ3n) is 3.47. The Morgan fingerprint density at radius 1 is 1.05 bits per heavy atom. The lowest BCUT2D eigenvalue weighted by Crippen LogP contribution is -2.06. The molecule has 1 N–H and O–H groups in total. The lowest BCUT2D eigenvalue weighted by Gasteiger charge is -2.14. The largest absolute Gasteiger partial charge is 0.493 e. The van der Waals surface area contributed by atoms with Gasteiger partial charge in [-0.25, -0.2) is 0 Å². The molecule has 0 heterocycles. The number of aliphatic hydroxyl groups excluding tert-OH is 1. The maximum absolute atomic E-state index is 10.1. The number of hydrogen-bond donors (Lipinski definition) is 1. The van der Waals surface area contributed by atoms with E-state index < -0.39 is 6.10 Å². The molecule has 0 aliphatic carbocycles. The molecule has 0 aliphatic heterocycles. The van der Waals surface area contributed by atoms with Gasteiger partial charge in [0, 0.05) is 6.42 Å². The first-order chi connectivity index (χ1) is 10.2. The standard InChI is InChI=1S/C18H22O3/c1-3-14-9-10-17(18(13-14)20-2)21-12-11-16(19)15-7-5-4-6-8-15/h4-10,13,16,19H,3,11-12H2,1-2H3. The monoisotopic (exact) mass is 286 g/mol. The van der Waals surface area contributed by atoms with Gasteiger partial charge in [-0.05, 0) is 29.7 Å². The van der Waals surface area contributed by atoms with Crippen molar-refractivity contribution in [1.82, 2.24) is 0 Å². The zero-order valence-electron chi connectivity index (χ0n) is 12.6. The van der Waals surface area contributed by atoms with E-state index in [1.807, 2.05) is 48.5 Å². The fourth-order valence-electron chi connectivity index (χ4n) is 2.17. The van der Waals surface area contributed by atoms with Crippen molar-refractivity contribution in [3.8, 4) is 11.5 Å². The predicted molar refractivity (Wildman–Crippen MR) is 83.9 cm³/mol. The second-order valence-corrected chi connectivity index (χ2v) is 4.90. The van der Waals surface area contributed by atoms with Crippen LogP contribution in [0.15, 0.2) is 48.5 Å². The molecule has 3 nitrogen and oxygen atoms in total. The lowest BCUT2D eigenvalue weighted by atomic mass is 10.1. The van der Waals surface area contributed by atoms with Gasteiger partial charge in [0.05, 0.1) is 19.8 Å². The molecule has 0 amide bonds. The van der Waals surface area contributed by atoms with E-state index in [1.165, 1.54) is 5.56 Å². The van der Waals surface area contributed by atoms with Gasteiger partial charge in [0.25, 0.3) is 0 Å². The Morgan fingerprint density at radius 3 is 2.48 bits per heavy atom. The summed E-state index contributed by atoms with van der Waals surface area (Å²) in [6.07, 6.45) is 0.999. The minimum Gasteiger partial charge on any atom is -0.493 e. The molecule has 2 aromatic rings. The zero-order valence-corrected chi connectivity index (χ0v) is 12.6. The maximum atomic E-state index is 10.1. The van der Waals surface area contributed by atoms with Gasteiger partial charge < -0.3 is 14.6 Å². The second-order valence-electron chi connectivity index (χ2n) is 4.90. The lowest BCUT2D eigenvalue weighted by molar-refractivity contribution is 0.139. The molecule has 0 aromatic heterocycles. The van der Waals surface area contributed by atoms with Crippen molar-refractivity contribution in [2.24, 2.45) is 0 Å². The van der Waals surface area contributed by atoms with Crippen molar-refractivity contribution in [2.45, 2.75) is 25.9 Å². The minimum absolute atomic E-state index is 0.442. The Balaban J connectivity index is 1.91. The van der Waals surface area contributed by atoms with E-state index in [0.717, 1.165) is 23.5 Å². The van der Waals surface area contributed by atoms with Gasteiger partial charge in [0.2, 0.25) is 0 Å². The quantitative estimate of drug-likeness (QED) is 0.842. The van der Waals surface area contributed by atoms with E-state index in [0.29, 0.717) is 13.0 Å². The van der Waals surface area contributed by atoms with Gasteiger partial charge in [-0.15, -0.1) is 0 Å². The van der Waals surface area contributed by atoms with E-state index >= 15 is 0 Å². The van der Waals surface area contributed by atoms with Crippen LogP contribution in [-0.2, 0) is 6.42 Å². The van der Waals surface area contributed by atoms with Crippen LogP contribution in [-0.4, -0.2) is 18.8 Å². The van der Waals surface area contributed by atoms with Crippen molar-refractivity contribution in [3.63, 3.8) is 0 Å². The molecular weight excluding hydrogens is 264 g/mol. The van der Waals surface area contributed by atoms with E-state index in [-0.39, 0.29) is 0 Å². The van der Waals surface area contributed by atoms with Crippen LogP contribution < -0.4 is 9.47 Å². The summed E-state index contributed by atoms with van der Waals surface area (Å²) in [6, 6.07) is 15.6. The average molecular weight is 286 g/mol. The van der Waals surface area contributed by atoms with E-state index in [9.17, 15) is 5.11 Å².